The molecule has 0 radical (unpaired) electrons. The van der Waals surface area contributed by atoms with Crippen LogP contribution in [0.25, 0.3) is 0 Å². The predicted octanol–water partition coefficient (Wildman–Crippen LogP) is 2.15. The molecule has 0 spiro atoms. The first-order chi connectivity index (χ1) is 7.93. The standard InChI is InChI=1S/C13H21N3/c1-2-11(3-1)10-16-9-8-15-13(16)12-4-6-14-7-5-12/h8-9,11-12,14H,1-7,10H2. The van der Waals surface area contributed by atoms with Crippen LogP contribution in [0.2, 0.25) is 0 Å². The molecule has 1 saturated carbocycles. The van der Waals surface area contributed by atoms with Gasteiger partial charge in [0.05, 0.1) is 0 Å². The summed E-state index contributed by atoms with van der Waals surface area (Å²) in [7, 11) is 0. The predicted molar refractivity (Wildman–Crippen MR) is 64.4 cm³/mol. The van der Waals surface area contributed by atoms with Crippen molar-refractivity contribution in [2.45, 2.75) is 44.6 Å². The minimum Gasteiger partial charge on any atom is -0.334 e. The second-order valence-electron chi connectivity index (χ2n) is 5.26. The summed E-state index contributed by atoms with van der Waals surface area (Å²) in [5.74, 6) is 2.96. The molecular weight excluding hydrogens is 198 g/mol. The fourth-order valence-corrected chi connectivity index (χ4v) is 2.87. The number of rotatable bonds is 3. The van der Waals surface area contributed by atoms with Crippen molar-refractivity contribution in [1.29, 1.82) is 0 Å². The highest BCUT2D eigenvalue weighted by atomic mass is 15.1. The minimum atomic E-state index is 0.691. The maximum Gasteiger partial charge on any atom is 0.111 e. The van der Waals surface area contributed by atoms with Crippen molar-refractivity contribution >= 4 is 0 Å². The maximum absolute atomic E-state index is 4.59. The van der Waals surface area contributed by atoms with Gasteiger partial charge in [0, 0.05) is 24.9 Å². The first kappa shape index (κ1) is 10.3. The topological polar surface area (TPSA) is 29.9 Å². The molecule has 2 aliphatic rings. The van der Waals surface area contributed by atoms with E-state index in [2.05, 4.69) is 21.1 Å². The molecule has 2 heterocycles. The summed E-state index contributed by atoms with van der Waals surface area (Å²) in [6.07, 6.45) is 10.9. The van der Waals surface area contributed by atoms with E-state index >= 15 is 0 Å². The van der Waals surface area contributed by atoms with Gasteiger partial charge in [-0.1, -0.05) is 6.42 Å². The number of hydrogen-bond donors (Lipinski definition) is 1. The third-order valence-electron chi connectivity index (χ3n) is 4.13. The van der Waals surface area contributed by atoms with Crippen molar-refractivity contribution in [2.24, 2.45) is 5.92 Å². The Bertz CT molecular complexity index is 335. The van der Waals surface area contributed by atoms with Crippen LogP contribution >= 0.6 is 0 Å². The van der Waals surface area contributed by atoms with Gasteiger partial charge in [-0.15, -0.1) is 0 Å². The summed E-state index contributed by atoms with van der Waals surface area (Å²) < 4.78 is 2.42. The Kier molecular flexibility index (Phi) is 2.96. The molecule has 3 rings (SSSR count). The fraction of sp³-hybridized carbons (Fsp3) is 0.769. The zero-order valence-electron chi connectivity index (χ0n) is 9.86. The minimum absolute atomic E-state index is 0.691. The Balaban J connectivity index is 1.70. The van der Waals surface area contributed by atoms with Crippen LogP contribution in [-0.2, 0) is 6.54 Å². The number of nitrogens with zero attached hydrogens (tertiary/aromatic N) is 2. The molecule has 3 heteroatoms. The summed E-state index contributed by atoms with van der Waals surface area (Å²) in [5.41, 5.74) is 0. The van der Waals surface area contributed by atoms with Crippen molar-refractivity contribution in [1.82, 2.24) is 14.9 Å². The first-order valence-corrected chi connectivity index (χ1v) is 6.65. The quantitative estimate of drug-likeness (QED) is 0.844. The lowest BCUT2D eigenvalue weighted by molar-refractivity contribution is 0.269. The summed E-state index contributed by atoms with van der Waals surface area (Å²) in [4.78, 5) is 4.59. The lowest BCUT2D eigenvalue weighted by Gasteiger charge is -2.28. The first-order valence-electron chi connectivity index (χ1n) is 6.65. The highest BCUT2D eigenvalue weighted by molar-refractivity contribution is 5.02. The molecule has 1 aromatic heterocycles. The number of imidazole rings is 1. The van der Waals surface area contributed by atoms with Crippen molar-refractivity contribution < 1.29 is 0 Å². The van der Waals surface area contributed by atoms with Gasteiger partial charge in [-0.05, 0) is 44.7 Å². The van der Waals surface area contributed by atoms with E-state index in [1.54, 1.807) is 0 Å². The van der Waals surface area contributed by atoms with Crippen LogP contribution in [0.1, 0.15) is 43.8 Å². The monoisotopic (exact) mass is 219 g/mol. The molecule has 0 amide bonds. The van der Waals surface area contributed by atoms with Gasteiger partial charge in [0.2, 0.25) is 0 Å². The molecule has 0 aromatic carbocycles. The van der Waals surface area contributed by atoms with Gasteiger partial charge in [0.15, 0.2) is 0 Å². The zero-order valence-corrected chi connectivity index (χ0v) is 9.86. The fourth-order valence-electron chi connectivity index (χ4n) is 2.87. The normalized spacial score (nSPS) is 23.2. The van der Waals surface area contributed by atoms with Gasteiger partial charge in [0.1, 0.15) is 5.82 Å². The van der Waals surface area contributed by atoms with E-state index in [1.807, 2.05) is 6.20 Å². The Labute approximate surface area is 97.3 Å². The average molecular weight is 219 g/mol. The molecule has 1 N–H and O–H groups in total. The molecule has 1 saturated heterocycles. The molecule has 2 fully saturated rings. The van der Waals surface area contributed by atoms with E-state index in [4.69, 9.17) is 0 Å². The highest BCUT2D eigenvalue weighted by Crippen LogP contribution is 2.30. The van der Waals surface area contributed by atoms with Crippen LogP contribution in [0.4, 0.5) is 0 Å². The van der Waals surface area contributed by atoms with Crippen LogP contribution in [-0.4, -0.2) is 22.6 Å². The van der Waals surface area contributed by atoms with Gasteiger partial charge < -0.3 is 9.88 Å². The number of nitrogens with one attached hydrogen (secondary N) is 1. The van der Waals surface area contributed by atoms with Gasteiger partial charge >= 0.3 is 0 Å². The molecule has 3 nitrogen and oxygen atoms in total. The molecule has 0 unspecified atom stereocenters. The van der Waals surface area contributed by atoms with Crippen LogP contribution in [0.3, 0.4) is 0 Å². The molecule has 1 aliphatic carbocycles. The van der Waals surface area contributed by atoms with E-state index in [1.165, 1.54) is 44.5 Å². The second kappa shape index (κ2) is 4.58. The van der Waals surface area contributed by atoms with Gasteiger partial charge in [-0.25, -0.2) is 4.98 Å². The van der Waals surface area contributed by atoms with Gasteiger partial charge in [0.25, 0.3) is 0 Å². The smallest absolute Gasteiger partial charge is 0.111 e. The van der Waals surface area contributed by atoms with E-state index in [0.717, 1.165) is 19.0 Å². The van der Waals surface area contributed by atoms with Crippen LogP contribution in [0.15, 0.2) is 12.4 Å². The van der Waals surface area contributed by atoms with Crippen LogP contribution in [0, 0.1) is 5.92 Å². The summed E-state index contributed by atoms with van der Waals surface area (Å²) >= 11 is 0. The Morgan fingerprint density at radius 1 is 1.25 bits per heavy atom. The SMILES string of the molecule is c1cn(CC2CCC2)c(C2CCNCC2)n1. The summed E-state index contributed by atoms with van der Waals surface area (Å²) in [6.45, 7) is 3.52. The number of hydrogen-bond acceptors (Lipinski definition) is 2. The Hall–Kier alpha value is -0.830. The summed E-state index contributed by atoms with van der Waals surface area (Å²) in [6, 6.07) is 0. The number of piperidine rings is 1. The molecule has 88 valence electrons. The average Bonchev–Trinajstić information content (AvgIpc) is 2.73. The maximum atomic E-state index is 4.59. The molecule has 1 aromatic rings. The molecule has 1 aliphatic heterocycles. The highest BCUT2D eigenvalue weighted by Gasteiger charge is 2.23. The molecular formula is C13H21N3. The number of aromatic nitrogens is 2. The van der Waals surface area contributed by atoms with Crippen LogP contribution in [0.5, 0.6) is 0 Å². The van der Waals surface area contributed by atoms with E-state index in [9.17, 15) is 0 Å². The van der Waals surface area contributed by atoms with E-state index in [-0.39, 0.29) is 0 Å². The molecule has 0 bridgehead atoms. The third kappa shape index (κ3) is 2.01. The third-order valence-corrected chi connectivity index (χ3v) is 4.13. The van der Waals surface area contributed by atoms with Crippen LogP contribution < -0.4 is 5.32 Å². The van der Waals surface area contributed by atoms with E-state index in [0.29, 0.717) is 5.92 Å². The largest absolute Gasteiger partial charge is 0.334 e. The van der Waals surface area contributed by atoms with E-state index < -0.39 is 0 Å². The van der Waals surface area contributed by atoms with Gasteiger partial charge in [-0.2, -0.15) is 0 Å². The lowest BCUT2D eigenvalue weighted by Crippen LogP contribution is -2.29. The lowest BCUT2D eigenvalue weighted by atomic mass is 9.85. The van der Waals surface area contributed by atoms with Crippen molar-refractivity contribution in [2.75, 3.05) is 13.1 Å². The summed E-state index contributed by atoms with van der Waals surface area (Å²) in [5, 5.41) is 3.42. The zero-order chi connectivity index (χ0) is 10.8. The molecule has 0 atom stereocenters. The van der Waals surface area contributed by atoms with Crippen molar-refractivity contribution in [3.8, 4) is 0 Å². The van der Waals surface area contributed by atoms with Crippen molar-refractivity contribution in [3.63, 3.8) is 0 Å². The van der Waals surface area contributed by atoms with Gasteiger partial charge in [-0.3, -0.25) is 0 Å². The van der Waals surface area contributed by atoms with Crippen molar-refractivity contribution in [3.05, 3.63) is 18.2 Å². The Morgan fingerprint density at radius 2 is 2.06 bits per heavy atom. The second-order valence-corrected chi connectivity index (χ2v) is 5.26. The molecule has 16 heavy (non-hydrogen) atoms. The Morgan fingerprint density at radius 3 is 2.75 bits per heavy atom.